The zero-order valence-corrected chi connectivity index (χ0v) is 12.4. The number of nitrogens with zero attached hydrogens (tertiary/aromatic N) is 1. The van der Waals surface area contributed by atoms with Gasteiger partial charge in [0.1, 0.15) is 0 Å². The lowest BCUT2D eigenvalue weighted by atomic mass is 10.3. The summed E-state index contributed by atoms with van der Waals surface area (Å²) in [6, 6.07) is 0.575. The Morgan fingerprint density at radius 2 is 1.69 bits per heavy atom. The van der Waals surface area contributed by atoms with Crippen molar-refractivity contribution >= 4 is 0 Å². The summed E-state index contributed by atoms with van der Waals surface area (Å²) in [7, 11) is 2.10. The van der Waals surface area contributed by atoms with Crippen molar-refractivity contribution < 1.29 is 1.43 Å². The van der Waals surface area contributed by atoms with Crippen molar-refractivity contribution in [3.05, 3.63) is 0 Å². The van der Waals surface area contributed by atoms with E-state index >= 15 is 0 Å². The third kappa shape index (κ3) is 23.4. The van der Waals surface area contributed by atoms with Gasteiger partial charge in [-0.1, -0.05) is 41.5 Å². The maximum absolute atomic E-state index is 5.16. The Morgan fingerprint density at radius 1 is 1.19 bits per heavy atom. The molecule has 0 aliphatic rings. The van der Waals surface area contributed by atoms with Crippen LogP contribution in [0, 0.1) is 12.3 Å². The first kappa shape index (κ1) is 20.8. The summed E-state index contributed by atoms with van der Waals surface area (Å²) in [6.45, 7) is 15.4. The molecule has 2 nitrogen and oxygen atoms in total. The van der Waals surface area contributed by atoms with Gasteiger partial charge in [0.15, 0.2) is 0 Å². The van der Waals surface area contributed by atoms with Crippen LogP contribution in [-0.2, 0) is 0 Å². The molecule has 1 N–H and O–H groups in total. The highest BCUT2D eigenvalue weighted by Gasteiger charge is 1.96. The lowest BCUT2D eigenvalue weighted by Gasteiger charge is -2.16. The molecule has 0 aliphatic heterocycles. The van der Waals surface area contributed by atoms with Gasteiger partial charge < -0.3 is 10.2 Å². The second-order valence-corrected chi connectivity index (χ2v) is 3.37. The first-order chi connectivity index (χ1) is 7.66. The van der Waals surface area contributed by atoms with Crippen molar-refractivity contribution in [1.82, 2.24) is 10.2 Å². The first-order valence-electron chi connectivity index (χ1n) is 6.52. The average molecular weight is 230 g/mol. The molecule has 0 amide bonds. The van der Waals surface area contributed by atoms with Gasteiger partial charge >= 0.3 is 0 Å². The molecule has 0 rings (SSSR count). The number of hydrogen-bond acceptors (Lipinski definition) is 2. The second kappa shape index (κ2) is 20.0. The molecule has 0 fully saturated rings. The van der Waals surface area contributed by atoms with Gasteiger partial charge in [-0.05, 0) is 7.05 Å². The largest absolute Gasteiger partial charge is 0.313 e. The molecule has 0 heterocycles. The van der Waals surface area contributed by atoms with Crippen LogP contribution in [0.15, 0.2) is 0 Å². The van der Waals surface area contributed by atoms with Crippen LogP contribution in [0.4, 0.5) is 0 Å². The van der Waals surface area contributed by atoms with Crippen LogP contribution in [0.5, 0.6) is 0 Å². The van der Waals surface area contributed by atoms with Gasteiger partial charge in [-0.15, -0.1) is 12.3 Å². The van der Waals surface area contributed by atoms with Crippen molar-refractivity contribution in [2.24, 2.45) is 0 Å². The monoisotopic (exact) mass is 230 g/mol. The van der Waals surface area contributed by atoms with Gasteiger partial charge in [0.2, 0.25) is 0 Å². The second-order valence-electron chi connectivity index (χ2n) is 3.37. The molecule has 2 heteroatoms. The van der Waals surface area contributed by atoms with E-state index in [4.69, 9.17) is 6.42 Å². The quantitative estimate of drug-likeness (QED) is 0.705. The summed E-state index contributed by atoms with van der Waals surface area (Å²) < 4.78 is 0. The Bertz CT molecular complexity index is 142. The topological polar surface area (TPSA) is 15.3 Å². The van der Waals surface area contributed by atoms with Crippen LogP contribution < -0.4 is 5.32 Å². The lowest BCUT2D eigenvalue weighted by Crippen LogP contribution is -2.33. The van der Waals surface area contributed by atoms with Crippen molar-refractivity contribution in [3.8, 4) is 12.3 Å². The lowest BCUT2D eigenvalue weighted by molar-refractivity contribution is 0.334. The van der Waals surface area contributed by atoms with E-state index in [-0.39, 0.29) is 1.43 Å². The highest BCUT2D eigenvalue weighted by molar-refractivity contribution is 4.84. The summed E-state index contributed by atoms with van der Waals surface area (Å²) in [6.07, 6.45) is 6.01. The Hall–Kier alpha value is -0.520. The van der Waals surface area contributed by atoms with Crippen LogP contribution in [0.1, 0.15) is 49.4 Å². The van der Waals surface area contributed by atoms with Crippen LogP contribution in [0.3, 0.4) is 0 Å². The molecule has 0 aliphatic carbocycles. The van der Waals surface area contributed by atoms with Crippen LogP contribution in [0.25, 0.3) is 0 Å². The molecule has 0 radical (unpaired) electrons. The van der Waals surface area contributed by atoms with Crippen molar-refractivity contribution in [1.29, 1.82) is 0 Å². The molecular formula is C14H34N2. The van der Waals surface area contributed by atoms with Crippen molar-refractivity contribution in [3.63, 3.8) is 0 Å². The van der Waals surface area contributed by atoms with Crippen LogP contribution in [0.2, 0.25) is 0 Å². The van der Waals surface area contributed by atoms with E-state index in [1.54, 1.807) is 0 Å². The Kier molecular flexibility index (Phi) is 26.0. The molecule has 0 saturated heterocycles. The summed E-state index contributed by atoms with van der Waals surface area (Å²) in [5.74, 6) is 2.64. The summed E-state index contributed by atoms with van der Waals surface area (Å²) in [5.41, 5.74) is 0. The fourth-order valence-corrected chi connectivity index (χ4v) is 0.911. The minimum atomic E-state index is 0. The third-order valence-corrected chi connectivity index (χ3v) is 1.68. The predicted octanol–water partition coefficient (Wildman–Crippen LogP) is 3.24. The van der Waals surface area contributed by atoms with E-state index in [2.05, 4.69) is 37.0 Å². The van der Waals surface area contributed by atoms with Crippen molar-refractivity contribution in [2.45, 2.75) is 54.0 Å². The minimum absolute atomic E-state index is 0. The van der Waals surface area contributed by atoms with Gasteiger partial charge in [-0.3, -0.25) is 0 Å². The van der Waals surface area contributed by atoms with Gasteiger partial charge in [0.05, 0.1) is 0 Å². The third-order valence-electron chi connectivity index (χ3n) is 1.68. The highest BCUT2D eigenvalue weighted by atomic mass is 15.1. The highest BCUT2D eigenvalue weighted by Crippen LogP contribution is 1.85. The molecule has 0 unspecified atom stereocenters. The zero-order valence-electron chi connectivity index (χ0n) is 12.4. The Balaban J connectivity index is -0.000000152. The van der Waals surface area contributed by atoms with E-state index in [1.807, 2.05) is 27.7 Å². The SMILES string of the molecule is C#CCCN(C)CCNC(C)C.CC.CC.[HH]. The van der Waals surface area contributed by atoms with E-state index in [0.29, 0.717) is 6.04 Å². The fourth-order valence-electron chi connectivity index (χ4n) is 0.911. The molecular weight excluding hydrogens is 196 g/mol. The molecule has 0 aromatic rings. The molecule has 0 spiro atoms. The first-order valence-corrected chi connectivity index (χ1v) is 6.52. The minimum Gasteiger partial charge on any atom is -0.313 e. The summed E-state index contributed by atoms with van der Waals surface area (Å²) >= 11 is 0. The average Bonchev–Trinajstić information content (AvgIpc) is 2.31. The standard InChI is InChI=1S/C10H20N2.2C2H6.H2/c1-5-6-8-12(4)9-7-11-10(2)3;2*1-2;/h1,10-11H,6-9H2,2-4H3;2*1-2H3;1H. The van der Waals surface area contributed by atoms with E-state index in [9.17, 15) is 0 Å². The Morgan fingerprint density at radius 3 is 2.06 bits per heavy atom. The number of rotatable bonds is 6. The van der Waals surface area contributed by atoms with E-state index in [1.165, 1.54) is 0 Å². The molecule has 0 atom stereocenters. The zero-order chi connectivity index (χ0) is 13.4. The van der Waals surface area contributed by atoms with Gasteiger partial charge in [-0.25, -0.2) is 0 Å². The molecule has 0 aromatic carbocycles. The molecule has 16 heavy (non-hydrogen) atoms. The fraction of sp³-hybridized carbons (Fsp3) is 0.857. The van der Waals surface area contributed by atoms with Gasteiger partial charge in [0, 0.05) is 33.5 Å². The molecule has 100 valence electrons. The molecule has 0 aromatic heterocycles. The number of nitrogens with one attached hydrogen (secondary N) is 1. The smallest absolute Gasteiger partial charge is 0.0214 e. The summed E-state index contributed by atoms with van der Waals surface area (Å²) in [5, 5.41) is 3.36. The van der Waals surface area contributed by atoms with Gasteiger partial charge in [-0.2, -0.15) is 0 Å². The van der Waals surface area contributed by atoms with Crippen LogP contribution >= 0.6 is 0 Å². The van der Waals surface area contributed by atoms with E-state index < -0.39 is 0 Å². The Labute approximate surface area is 105 Å². The predicted molar refractivity (Wildman–Crippen MR) is 78.9 cm³/mol. The number of hydrogen-bond donors (Lipinski definition) is 1. The normalized spacial score (nSPS) is 8.75. The maximum Gasteiger partial charge on any atom is 0.0214 e. The molecule has 0 saturated carbocycles. The van der Waals surface area contributed by atoms with Crippen LogP contribution in [-0.4, -0.2) is 37.6 Å². The maximum atomic E-state index is 5.16. The van der Waals surface area contributed by atoms with E-state index in [0.717, 1.165) is 26.1 Å². The van der Waals surface area contributed by atoms with Crippen molar-refractivity contribution in [2.75, 3.05) is 26.7 Å². The molecule has 0 bridgehead atoms. The van der Waals surface area contributed by atoms with Gasteiger partial charge in [0.25, 0.3) is 0 Å². The number of likely N-dealkylation sites (N-methyl/N-ethyl adjacent to an activating group) is 1. The number of terminal acetylenes is 1. The summed E-state index contributed by atoms with van der Waals surface area (Å²) in [4.78, 5) is 2.25.